The van der Waals surface area contributed by atoms with Crippen molar-refractivity contribution in [3.8, 4) is 0 Å². The minimum atomic E-state index is -0.113. The Morgan fingerprint density at radius 1 is 1.09 bits per heavy atom. The van der Waals surface area contributed by atoms with Crippen LogP contribution in [0.1, 0.15) is 38.8 Å². The fraction of sp³-hybridized carbons (Fsp3) is 0.529. The quantitative estimate of drug-likeness (QED) is 0.730. The van der Waals surface area contributed by atoms with Crippen LogP contribution in [0.4, 0.5) is 0 Å². The van der Waals surface area contributed by atoms with Gasteiger partial charge in [-0.15, -0.1) is 0 Å². The van der Waals surface area contributed by atoms with Gasteiger partial charge in [0.15, 0.2) is 0 Å². The van der Waals surface area contributed by atoms with Crippen molar-refractivity contribution >= 4 is 11.8 Å². The van der Waals surface area contributed by atoms with E-state index in [1.165, 1.54) is 12.5 Å². The predicted molar refractivity (Wildman–Crippen MR) is 88.4 cm³/mol. The zero-order chi connectivity index (χ0) is 16.4. The molecule has 22 heavy (non-hydrogen) atoms. The summed E-state index contributed by atoms with van der Waals surface area (Å²) in [5, 5.41) is 5.60. The van der Waals surface area contributed by atoms with Gasteiger partial charge in [0.25, 0.3) is 0 Å². The van der Waals surface area contributed by atoms with Crippen LogP contribution < -0.4 is 10.6 Å². The number of hydrogen-bond acceptors (Lipinski definition) is 3. The third-order valence-electron chi connectivity index (χ3n) is 3.66. The van der Waals surface area contributed by atoms with E-state index in [0.29, 0.717) is 19.5 Å². The van der Waals surface area contributed by atoms with Crippen molar-refractivity contribution in [2.75, 3.05) is 26.2 Å². The number of hydrogen-bond donors (Lipinski definition) is 2. The van der Waals surface area contributed by atoms with E-state index < -0.39 is 0 Å². The van der Waals surface area contributed by atoms with Gasteiger partial charge in [-0.05, 0) is 18.7 Å². The first-order valence-electron chi connectivity index (χ1n) is 7.88. The molecule has 1 unspecified atom stereocenters. The fourth-order valence-corrected chi connectivity index (χ4v) is 2.45. The molecule has 0 heterocycles. The number of carbonyl (C=O) groups is 2. The average molecular weight is 305 g/mol. The summed E-state index contributed by atoms with van der Waals surface area (Å²) in [6, 6.07) is 10.4. The number of nitrogens with one attached hydrogen (secondary N) is 2. The SMILES string of the molecule is CCN(CC)C(CNC(=O)CCNC(C)=O)c1ccccc1. The molecule has 5 heteroatoms. The first-order valence-corrected chi connectivity index (χ1v) is 7.88. The molecule has 0 bridgehead atoms. The molecule has 0 saturated heterocycles. The normalized spacial score (nSPS) is 12.0. The van der Waals surface area contributed by atoms with Gasteiger partial charge in [-0.25, -0.2) is 0 Å². The smallest absolute Gasteiger partial charge is 0.221 e. The van der Waals surface area contributed by atoms with Gasteiger partial charge in [0.2, 0.25) is 11.8 Å². The van der Waals surface area contributed by atoms with E-state index in [1.807, 2.05) is 18.2 Å². The van der Waals surface area contributed by atoms with Crippen LogP contribution in [-0.2, 0) is 9.59 Å². The van der Waals surface area contributed by atoms with E-state index in [9.17, 15) is 9.59 Å². The summed E-state index contributed by atoms with van der Waals surface area (Å²) in [5.74, 6) is -0.153. The lowest BCUT2D eigenvalue weighted by Crippen LogP contribution is -2.39. The summed E-state index contributed by atoms with van der Waals surface area (Å²) in [7, 11) is 0. The maximum absolute atomic E-state index is 11.9. The van der Waals surface area contributed by atoms with E-state index in [1.54, 1.807) is 0 Å². The molecule has 0 aliphatic heterocycles. The van der Waals surface area contributed by atoms with Gasteiger partial charge in [0.05, 0.1) is 6.04 Å². The van der Waals surface area contributed by atoms with Crippen molar-refractivity contribution in [2.24, 2.45) is 0 Å². The van der Waals surface area contributed by atoms with Crippen molar-refractivity contribution in [3.05, 3.63) is 35.9 Å². The molecule has 1 atom stereocenters. The molecule has 0 fully saturated rings. The van der Waals surface area contributed by atoms with E-state index in [2.05, 4.69) is 41.5 Å². The Bertz CT molecular complexity index is 458. The summed E-state index contributed by atoms with van der Waals surface area (Å²) in [6.45, 7) is 8.50. The third kappa shape index (κ3) is 6.26. The second-order valence-electron chi connectivity index (χ2n) is 5.18. The van der Waals surface area contributed by atoms with Crippen LogP contribution in [0.25, 0.3) is 0 Å². The summed E-state index contributed by atoms with van der Waals surface area (Å²) >= 11 is 0. The van der Waals surface area contributed by atoms with E-state index in [-0.39, 0.29) is 17.9 Å². The summed E-state index contributed by atoms with van der Waals surface area (Å²) in [5.41, 5.74) is 1.20. The summed E-state index contributed by atoms with van der Waals surface area (Å²) < 4.78 is 0. The van der Waals surface area contributed by atoms with Crippen molar-refractivity contribution in [1.29, 1.82) is 0 Å². The monoisotopic (exact) mass is 305 g/mol. The van der Waals surface area contributed by atoms with Crippen LogP contribution in [0.5, 0.6) is 0 Å². The molecule has 0 saturated carbocycles. The van der Waals surface area contributed by atoms with Gasteiger partial charge in [0, 0.05) is 26.4 Å². The number of likely N-dealkylation sites (N-methyl/N-ethyl adjacent to an activating group) is 1. The van der Waals surface area contributed by atoms with Gasteiger partial charge >= 0.3 is 0 Å². The molecule has 0 spiro atoms. The Kier molecular flexibility index (Phi) is 8.22. The Morgan fingerprint density at radius 3 is 2.27 bits per heavy atom. The standard InChI is InChI=1S/C17H27N3O2/c1-4-20(5-2)16(15-9-7-6-8-10-15)13-19-17(22)11-12-18-14(3)21/h6-10,16H,4-5,11-13H2,1-3H3,(H,18,21)(H,19,22). The van der Waals surface area contributed by atoms with Crippen LogP contribution in [0, 0.1) is 0 Å². The second-order valence-corrected chi connectivity index (χ2v) is 5.18. The number of carbonyl (C=O) groups excluding carboxylic acids is 2. The minimum Gasteiger partial charge on any atom is -0.356 e. The maximum atomic E-state index is 11.9. The molecule has 0 radical (unpaired) electrons. The Labute approximate surface area is 133 Å². The van der Waals surface area contributed by atoms with Crippen LogP contribution >= 0.6 is 0 Å². The van der Waals surface area contributed by atoms with Crippen LogP contribution in [0.2, 0.25) is 0 Å². The van der Waals surface area contributed by atoms with Gasteiger partial charge in [-0.2, -0.15) is 0 Å². The van der Waals surface area contributed by atoms with E-state index >= 15 is 0 Å². The lowest BCUT2D eigenvalue weighted by atomic mass is 10.1. The zero-order valence-electron chi connectivity index (χ0n) is 13.8. The Morgan fingerprint density at radius 2 is 1.73 bits per heavy atom. The topological polar surface area (TPSA) is 61.4 Å². The summed E-state index contributed by atoms with van der Waals surface area (Å²) in [4.78, 5) is 25.0. The van der Waals surface area contributed by atoms with Crippen molar-refractivity contribution in [2.45, 2.75) is 33.2 Å². The summed E-state index contributed by atoms with van der Waals surface area (Å²) in [6.07, 6.45) is 0.305. The van der Waals surface area contributed by atoms with Gasteiger partial charge in [-0.1, -0.05) is 44.2 Å². The lowest BCUT2D eigenvalue weighted by Gasteiger charge is -2.30. The molecule has 0 aliphatic carbocycles. The molecule has 1 aromatic rings. The average Bonchev–Trinajstić information content (AvgIpc) is 2.52. The number of amides is 2. The van der Waals surface area contributed by atoms with E-state index in [4.69, 9.17) is 0 Å². The molecule has 122 valence electrons. The first-order chi connectivity index (χ1) is 10.6. The molecule has 0 aromatic heterocycles. The maximum Gasteiger partial charge on any atom is 0.221 e. The highest BCUT2D eigenvalue weighted by atomic mass is 16.2. The number of rotatable bonds is 9. The predicted octanol–water partition coefficient (Wildman–Crippen LogP) is 1.71. The molecule has 1 rings (SSSR count). The van der Waals surface area contributed by atoms with Crippen molar-refractivity contribution < 1.29 is 9.59 Å². The molecule has 2 amide bonds. The molecule has 0 aliphatic rings. The molecular weight excluding hydrogens is 278 g/mol. The molecule has 2 N–H and O–H groups in total. The Hall–Kier alpha value is -1.88. The lowest BCUT2D eigenvalue weighted by molar-refractivity contribution is -0.121. The van der Waals surface area contributed by atoms with Crippen molar-refractivity contribution in [1.82, 2.24) is 15.5 Å². The van der Waals surface area contributed by atoms with Gasteiger partial charge < -0.3 is 10.6 Å². The van der Waals surface area contributed by atoms with Crippen LogP contribution in [0.15, 0.2) is 30.3 Å². The first kappa shape index (κ1) is 18.2. The van der Waals surface area contributed by atoms with Gasteiger partial charge in [0.1, 0.15) is 0 Å². The van der Waals surface area contributed by atoms with Crippen LogP contribution in [-0.4, -0.2) is 42.9 Å². The number of benzene rings is 1. The highest BCUT2D eigenvalue weighted by Crippen LogP contribution is 2.19. The van der Waals surface area contributed by atoms with Gasteiger partial charge in [-0.3, -0.25) is 14.5 Å². The zero-order valence-corrected chi connectivity index (χ0v) is 13.8. The minimum absolute atomic E-state index is 0.0400. The molecule has 1 aromatic carbocycles. The molecular formula is C17H27N3O2. The number of nitrogens with zero attached hydrogens (tertiary/aromatic N) is 1. The second kappa shape index (κ2) is 9.95. The Balaban J connectivity index is 2.58. The van der Waals surface area contributed by atoms with Crippen molar-refractivity contribution in [3.63, 3.8) is 0 Å². The highest BCUT2D eigenvalue weighted by molar-refractivity contribution is 5.77. The van der Waals surface area contributed by atoms with Crippen LogP contribution in [0.3, 0.4) is 0 Å². The largest absolute Gasteiger partial charge is 0.356 e. The fourth-order valence-electron chi connectivity index (χ4n) is 2.45. The molecule has 5 nitrogen and oxygen atoms in total. The third-order valence-corrected chi connectivity index (χ3v) is 3.66. The highest BCUT2D eigenvalue weighted by Gasteiger charge is 2.18. The van der Waals surface area contributed by atoms with E-state index in [0.717, 1.165) is 13.1 Å².